The average molecular weight is 739 g/mol. The molecule has 0 spiro atoms. The van der Waals surface area contributed by atoms with Gasteiger partial charge in [0.25, 0.3) is 0 Å². The predicted molar refractivity (Wildman–Crippen MR) is 229 cm³/mol. The number of fused-ring (bicyclic) bond motifs is 3. The fraction of sp³-hybridized carbons (Fsp3) is 1.00. The van der Waals surface area contributed by atoms with Crippen LogP contribution in [0.5, 0.6) is 0 Å². The summed E-state index contributed by atoms with van der Waals surface area (Å²) < 4.78 is 0. The van der Waals surface area contributed by atoms with Gasteiger partial charge in [0.1, 0.15) is 0 Å². The zero-order valence-electron chi connectivity index (χ0n) is 35.8. The number of hydrogen-bond donors (Lipinski definition) is 0. The predicted octanol–water partition coefficient (Wildman–Crippen LogP) is 16.3. The standard InChI is InChI=1S/C54H90/c1-7-19-37(20-8-1)45-31-32-46(38-21-9-2-10-22-38)54-52(42-29-17-6-18-30-42)50-36-44-34-48(40-25-13-4-14-26-40)47(39-23-11-3-12-24-39)33-43(44)35-49(50)51(53(45)54)41-27-15-5-16-28-41/h37-54H,1-36H2. The molecule has 0 aromatic rings. The Bertz CT molecular complexity index is 1040. The maximum absolute atomic E-state index is 1.73. The molecule has 0 radical (unpaired) electrons. The fourth-order valence-electron chi connectivity index (χ4n) is 19.7. The van der Waals surface area contributed by atoms with Crippen LogP contribution in [0.4, 0.5) is 0 Å². The van der Waals surface area contributed by atoms with Gasteiger partial charge in [-0.1, -0.05) is 193 Å². The summed E-state index contributed by atoms with van der Waals surface area (Å²) in [5.74, 6) is 20.1. The van der Waals surface area contributed by atoms with Crippen LogP contribution in [0.2, 0.25) is 0 Å². The molecule has 10 rings (SSSR count). The molecule has 12 unspecified atom stereocenters. The van der Waals surface area contributed by atoms with E-state index in [-0.39, 0.29) is 0 Å². The second kappa shape index (κ2) is 17.7. The summed E-state index contributed by atoms with van der Waals surface area (Å²) >= 11 is 0. The summed E-state index contributed by atoms with van der Waals surface area (Å²) in [5, 5.41) is 0. The summed E-state index contributed by atoms with van der Waals surface area (Å²) in [6.07, 6.45) is 57.9. The molecule has 0 aliphatic heterocycles. The van der Waals surface area contributed by atoms with Gasteiger partial charge >= 0.3 is 0 Å². The van der Waals surface area contributed by atoms with Crippen LogP contribution in [0.25, 0.3) is 0 Å². The minimum atomic E-state index is 1.10. The van der Waals surface area contributed by atoms with Crippen LogP contribution in [0.1, 0.15) is 231 Å². The van der Waals surface area contributed by atoms with E-state index in [0.717, 1.165) is 107 Å². The van der Waals surface area contributed by atoms with Crippen LogP contribution in [0.15, 0.2) is 0 Å². The van der Waals surface area contributed by atoms with E-state index in [9.17, 15) is 0 Å². The molecular weight excluding hydrogens is 649 g/mol. The highest BCUT2D eigenvalue weighted by Crippen LogP contribution is 2.69. The minimum Gasteiger partial charge on any atom is -0.0533 e. The lowest BCUT2D eigenvalue weighted by atomic mass is 9.38. The zero-order chi connectivity index (χ0) is 35.8. The molecule has 306 valence electrons. The Hall–Kier alpha value is 0. The molecule has 0 nitrogen and oxygen atoms in total. The first-order chi connectivity index (χ1) is 26.8. The van der Waals surface area contributed by atoms with Crippen LogP contribution in [0.3, 0.4) is 0 Å². The van der Waals surface area contributed by atoms with Gasteiger partial charge < -0.3 is 0 Å². The van der Waals surface area contributed by atoms with Gasteiger partial charge in [-0.2, -0.15) is 0 Å². The first kappa shape index (κ1) is 38.2. The van der Waals surface area contributed by atoms with Crippen molar-refractivity contribution in [2.45, 2.75) is 231 Å². The van der Waals surface area contributed by atoms with Crippen molar-refractivity contribution in [2.75, 3.05) is 0 Å². The third kappa shape index (κ3) is 7.65. The number of hydrogen-bond acceptors (Lipinski definition) is 0. The van der Waals surface area contributed by atoms with Gasteiger partial charge in [0.05, 0.1) is 0 Å². The molecule has 0 N–H and O–H groups in total. The largest absolute Gasteiger partial charge is 0.0533 e. The fourth-order valence-corrected chi connectivity index (χ4v) is 19.7. The Balaban J connectivity index is 1.05. The normalized spacial score (nSPS) is 46.0. The second-order valence-corrected chi connectivity index (χ2v) is 23.7. The molecule has 0 aromatic carbocycles. The highest BCUT2D eigenvalue weighted by molar-refractivity contribution is 5.11. The van der Waals surface area contributed by atoms with Crippen LogP contribution in [0, 0.1) is 107 Å². The molecule has 10 saturated carbocycles. The first-order valence-electron chi connectivity index (χ1n) is 26.8. The monoisotopic (exact) mass is 739 g/mol. The Morgan fingerprint density at radius 1 is 0.148 bits per heavy atom. The molecule has 54 heavy (non-hydrogen) atoms. The SMILES string of the molecule is C1CCC(C2CC3CC4C(CC3CC2C2CCCCC2)C(C2CCCCC2)C2C(C3CCCCC3)CCC(C3CCCCC3)C2C4C2CCCCC2)CC1. The maximum Gasteiger partial charge on any atom is -0.0315 e. The van der Waals surface area contributed by atoms with Crippen LogP contribution >= 0.6 is 0 Å². The van der Waals surface area contributed by atoms with Gasteiger partial charge in [-0.15, -0.1) is 0 Å². The van der Waals surface area contributed by atoms with Crippen molar-refractivity contribution in [1.82, 2.24) is 0 Å². The Kier molecular flexibility index (Phi) is 12.5. The van der Waals surface area contributed by atoms with E-state index < -0.39 is 0 Å². The van der Waals surface area contributed by atoms with Crippen molar-refractivity contribution in [3.63, 3.8) is 0 Å². The molecule has 0 heterocycles. The van der Waals surface area contributed by atoms with Crippen molar-refractivity contribution >= 4 is 0 Å². The van der Waals surface area contributed by atoms with Gasteiger partial charge in [-0.3, -0.25) is 0 Å². The van der Waals surface area contributed by atoms with Gasteiger partial charge in [-0.05, 0) is 145 Å². The van der Waals surface area contributed by atoms with Crippen molar-refractivity contribution < 1.29 is 0 Å². The van der Waals surface area contributed by atoms with E-state index in [2.05, 4.69) is 0 Å². The van der Waals surface area contributed by atoms with Crippen LogP contribution in [-0.4, -0.2) is 0 Å². The van der Waals surface area contributed by atoms with E-state index in [0.29, 0.717) is 0 Å². The molecule has 0 saturated heterocycles. The average Bonchev–Trinajstić information content (AvgIpc) is 3.26. The van der Waals surface area contributed by atoms with E-state index in [4.69, 9.17) is 0 Å². The Morgan fingerprint density at radius 2 is 0.389 bits per heavy atom. The highest BCUT2D eigenvalue weighted by atomic mass is 14.7. The molecule has 0 aromatic heterocycles. The van der Waals surface area contributed by atoms with E-state index in [1.807, 2.05) is 0 Å². The second-order valence-electron chi connectivity index (χ2n) is 23.7. The quantitative estimate of drug-likeness (QED) is 0.255. The number of rotatable bonds is 6. The molecule has 0 amide bonds. The zero-order valence-corrected chi connectivity index (χ0v) is 35.8. The third-order valence-corrected chi connectivity index (χ3v) is 21.6. The Morgan fingerprint density at radius 3 is 0.685 bits per heavy atom. The van der Waals surface area contributed by atoms with Gasteiger partial charge in [0.15, 0.2) is 0 Å². The molecule has 0 bridgehead atoms. The van der Waals surface area contributed by atoms with Gasteiger partial charge in [0, 0.05) is 0 Å². The van der Waals surface area contributed by atoms with E-state index >= 15 is 0 Å². The summed E-state index contributed by atoms with van der Waals surface area (Å²) in [7, 11) is 0. The lowest BCUT2D eigenvalue weighted by Crippen LogP contribution is -2.61. The first-order valence-corrected chi connectivity index (χ1v) is 26.8. The van der Waals surface area contributed by atoms with Crippen molar-refractivity contribution in [1.29, 1.82) is 0 Å². The summed E-state index contributed by atoms with van der Waals surface area (Å²) in [5.41, 5.74) is 0. The van der Waals surface area contributed by atoms with Crippen molar-refractivity contribution in [3.05, 3.63) is 0 Å². The van der Waals surface area contributed by atoms with Gasteiger partial charge in [-0.25, -0.2) is 0 Å². The topological polar surface area (TPSA) is 0 Å². The van der Waals surface area contributed by atoms with Crippen molar-refractivity contribution in [2.24, 2.45) is 107 Å². The maximum atomic E-state index is 1.73. The Labute approximate surface area is 336 Å². The van der Waals surface area contributed by atoms with Gasteiger partial charge in [0.2, 0.25) is 0 Å². The van der Waals surface area contributed by atoms with E-state index in [1.54, 1.807) is 231 Å². The molecule has 10 aliphatic carbocycles. The molecule has 10 fully saturated rings. The molecule has 0 heteroatoms. The molecule has 10 aliphatic rings. The summed E-state index contributed by atoms with van der Waals surface area (Å²) in [6, 6.07) is 0. The minimum absolute atomic E-state index is 1.10. The highest BCUT2D eigenvalue weighted by Gasteiger charge is 2.62. The summed E-state index contributed by atoms with van der Waals surface area (Å²) in [4.78, 5) is 0. The van der Waals surface area contributed by atoms with E-state index in [1.165, 1.54) is 0 Å². The molecular formula is C54H90. The smallest absolute Gasteiger partial charge is 0.0315 e. The van der Waals surface area contributed by atoms with Crippen molar-refractivity contribution in [3.8, 4) is 0 Å². The third-order valence-electron chi connectivity index (χ3n) is 21.6. The lowest BCUT2D eigenvalue weighted by Gasteiger charge is -2.67. The van der Waals surface area contributed by atoms with Crippen LogP contribution < -0.4 is 0 Å². The summed E-state index contributed by atoms with van der Waals surface area (Å²) in [6.45, 7) is 0. The lowest BCUT2D eigenvalue weighted by molar-refractivity contribution is -0.187. The van der Waals surface area contributed by atoms with Crippen LogP contribution in [-0.2, 0) is 0 Å². The molecule has 12 atom stereocenters.